The summed E-state index contributed by atoms with van der Waals surface area (Å²) in [5, 5.41) is 0. The van der Waals surface area contributed by atoms with Crippen molar-refractivity contribution in [2.24, 2.45) is 23.5 Å². The topological polar surface area (TPSA) is 26.0 Å². The van der Waals surface area contributed by atoms with Crippen LogP contribution in [0.25, 0.3) is 0 Å². The largest absolute Gasteiger partial charge is 0.324 e. The third-order valence-electron chi connectivity index (χ3n) is 4.60. The van der Waals surface area contributed by atoms with Crippen LogP contribution >= 0.6 is 0 Å². The molecule has 0 spiro atoms. The number of benzene rings is 1. The first kappa shape index (κ1) is 13.6. The lowest BCUT2D eigenvalue weighted by molar-refractivity contribution is 0.193. The van der Waals surface area contributed by atoms with Gasteiger partial charge in [0.25, 0.3) is 0 Å². The van der Waals surface area contributed by atoms with E-state index in [0.717, 1.165) is 11.8 Å². The molecule has 1 aliphatic rings. The SMILES string of the molecule is Cc1cccc(C)c1C(N)C1CC(C)CC(C)C1. The molecule has 1 nitrogen and oxygen atoms in total. The van der Waals surface area contributed by atoms with Gasteiger partial charge in [0.1, 0.15) is 0 Å². The maximum absolute atomic E-state index is 6.60. The van der Waals surface area contributed by atoms with Crippen LogP contribution in [-0.2, 0) is 0 Å². The molecule has 2 rings (SSSR count). The average Bonchev–Trinajstić information content (AvgIpc) is 2.27. The lowest BCUT2D eigenvalue weighted by atomic mass is 9.72. The lowest BCUT2D eigenvalue weighted by Crippen LogP contribution is -2.30. The Labute approximate surface area is 112 Å². The van der Waals surface area contributed by atoms with Crippen molar-refractivity contribution in [3.8, 4) is 0 Å². The summed E-state index contributed by atoms with van der Waals surface area (Å²) >= 11 is 0. The van der Waals surface area contributed by atoms with Crippen molar-refractivity contribution < 1.29 is 0 Å². The van der Waals surface area contributed by atoms with Crippen molar-refractivity contribution >= 4 is 0 Å². The van der Waals surface area contributed by atoms with Crippen molar-refractivity contribution in [1.82, 2.24) is 0 Å². The molecule has 0 aliphatic heterocycles. The fraction of sp³-hybridized carbons (Fsp3) is 0.647. The van der Waals surface area contributed by atoms with Gasteiger partial charge in [-0.3, -0.25) is 0 Å². The first-order chi connectivity index (χ1) is 8.49. The van der Waals surface area contributed by atoms with Crippen LogP contribution in [0.3, 0.4) is 0 Å². The maximum Gasteiger partial charge on any atom is 0.0328 e. The van der Waals surface area contributed by atoms with E-state index < -0.39 is 0 Å². The molecule has 0 amide bonds. The number of rotatable bonds is 2. The predicted molar refractivity (Wildman–Crippen MR) is 78.5 cm³/mol. The first-order valence-electron chi connectivity index (χ1n) is 7.30. The van der Waals surface area contributed by atoms with E-state index in [1.807, 2.05) is 0 Å². The Kier molecular flexibility index (Phi) is 4.11. The minimum Gasteiger partial charge on any atom is -0.324 e. The van der Waals surface area contributed by atoms with E-state index in [1.165, 1.54) is 36.0 Å². The van der Waals surface area contributed by atoms with Gasteiger partial charge in [-0.15, -0.1) is 0 Å². The summed E-state index contributed by atoms with van der Waals surface area (Å²) in [6.45, 7) is 9.13. The molecule has 0 bridgehead atoms. The van der Waals surface area contributed by atoms with Gasteiger partial charge in [-0.25, -0.2) is 0 Å². The van der Waals surface area contributed by atoms with Crippen molar-refractivity contribution in [1.29, 1.82) is 0 Å². The lowest BCUT2D eigenvalue weighted by Gasteiger charge is -2.36. The molecule has 1 aromatic rings. The van der Waals surface area contributed by atoms with E-state index in [9.17, 15) is 0 Å². The molecule has 18 heavy (non-hydrogen) atoms. The zero-order valence-electron chi connectivity index (χ0n) is 12.2. The van der Waals surface area contributed by atoms with Gasteiger partial charge in [-0.2, -0.15) is 0 Å². The van der Waals surface area contributed by atoms with Gasteiger partial charge < -0.3 is 5.73 Å². The predicted octanol–water partition coefficient (Wildman–Crippen LogP) is 4.38. The zero-order chi connectivity index (χ0) is 13.3. The summed E-state index contributed by atoms with van der Waals surface area (Å²) in [7, 11) is 0. The van der Waals surface area contributed by atoms with Gasteiger partial charge in [-0.1, -0.05) is 32.0 Å². The zero-order valence-corrected chi connectivity index (χ0v) is 12.2. The van der Waals surface area contributed by atoms with Gasteiger partial charge >= 0.3 is 0 Å². The second kappa shape index (κ2) is 5.44. The standard InChI is InChI=1S/C17H27N/c1-11-8-12(2)10-15(9-11)17(18)16-13(3)6-5-7-14(16)4/h5-7,11-12,15,17H,8-10,18H2,1-4H3. The fourth-order valence-corrected chi connectivity index (χ4v) is 3.89. The fourth-order valence-electron chi connectivity index (χ4n) is 3.89. The van der Waals surface area contributed by atoms with Crippen LogP contribution in [0.2, 0.25) is 0 Å². The molecular weight excluding hydrogens is 218 g/mol. The van der Waals surface area contributed by atoms with E-state index in [-0.39, 0.29) is 6.04 Å². The van der Waals surface area contributed by atoms with E-state index in [0.29, 0.717) is 5.92 Å². The second-order valence-corrected chi connectivity index (χ2v) is 6.51. The highest BCUT2D eigenvalue weighted by atomic mass is 14.7. The average molecular weight is 245 g/mol. The molecule has 2 N–H and O–H groups in total. The van der Waals surface area contributed by atoms with Crippen molar-refractivity contribution in [2.75, 3.05) is 0 Å². The number of hydrogen-bond donors (Lipinski definition) is 1. The molecule has 1 aromatic carbocycles. The number of aryl methyl sites for hydroxylation is 2. The molecule has 0 saturated heterocycles. The Hall–Kier alpha value is -0.820. The summed E-state index contributed by atoms with van der Waals surface area (Å²) in [5.74, 6) is 2.31. The van der Waals surface area contributed by atoms with Gasteiger partial charge in [-0.05, 0) is 67.6 Å². The molecule has 100 valence electrons. The van der Waals surface area contributed by atoms with E-state index in [2.05, 4.69) is 45.9 Å². The third kappa shape index (κ3) is 2.77. The van der Waals surface area contributed by atoms with E-state index in [1.54, 1.807) is 0 Å². The molecule has 1 aliphatic carbocycles. The second-order valence-electron chi connectivity index (χ2n) is 6.51. The summed E-state index contributed by atoms with van der Waals surface area (Å²) in [5.41, 5.74) is 10.7. The number of hydrogen-bond acceptors (Lipinski definition) is 1. The quantitative estimate of drug-likeness (QED) is 0.822. The van der Waals surface area contributed by atoms with Gasteiger partial charge in [0, 0.05) is 6.04 Å². The smallest absolute Gasteiger partial charge is 0.0328 e. The van der Waals surface area contributed by atoms with Crippen molar-refractivity contribution in [2.45, 2.75) is 53.0 Å². The normalized spacial score (nSPS) is 30.2. The Morgan fingerprint density at radius 1 is 1.00 bits per heavy atom. The van der Waals surface area contributed by atoms with Gasteiger partial charge in [0.15, 0.2) is 0 Å². The van der Waals surface area contributed by atoms with Crippen molar-refractivity contribution in [3.63, 3.8) is 0 Å². The third-order valence-corrected chi connectivity index (χ3v) is 4.60. The minimum absolute atomic E-state index is 0.219. The van der Waals surface area contributed by atoms with E-state index >= 15 is 0 Å². The Bertz CT molecular complexity index is 380. The van der Waals surface area contributed by atoms with Crippen LogP contribution in [0, 0.1) is 31.6 Å². The highest BCUT2D eigenvalue weighted by molar-refractivity contribution is 5.36. The highest BCUT2D eigenvalue weighted by Gasteiger charge is 2.30. The molecule has 0 heterocycles. The summed E-state index contributed by atoms with van der Waals surface area (Å²) in [6, 6.07) is 6.74. The summed E-state index contributed by atoms with van der Waals surface area (Å²) < 4.78 is 0. The molecule has 1 fully saturated rings. The van der Waals surface area contributed by atoms with Crippen molar-refractivity contribution in [3.05, 3.63) is 34.9 Å². The Morgan fingerprint density at radius 3 is 2.00 bits per heavy atom. The van der Waals surface area contributed by atoms with Crippen LogP contribution < -0.4 is 5.73 Å². The van der Waals surface area contributed by atoms with Gasteiger partial charge in [0.2, 0.25) is 0 Å². The molecule has 3 unspecified atom stereocenters. The molecular formula is C17H27N. The number of nitrogens with two attached hydrogens (primary N) is 1. The van der Waals surface area contributed by atoms with Crippen LogP contribution in [0.4, 0.5) is 0 Å². The Morgan fingerprint density at radius 2 is 1.50 bits per heavy atom. The van der Waals surface area contributed by atoms with Crippen LogP contribution in [0.5, 0.6) is 0 Å². The molecule has 0 radical (unpaired) electrons. The molecule has 0 aromatic heterocycles. The van der Waals surface area contributed by atoms with Crippen LogP contribution in [-0.4, -0.2) is 0 Å². The highest BCUT2D eigenvalue weighted by Crippen LogP contribution is 2.40. The van der Waals surface area contributed by atoms with Gasteiger partial charge in [0.05, 0.1) is 0 Å². The molecule has 3 atom stereocenters. The molecule has 1 saturated carbocycles. The van der Waals surface area contributed by atoms with E-state index in [4.69, 9.17) is 5.73 Å². The summed E-state index contributed by atoms with van der Waals surface area (Å²) in [4.78, 5) is 0. The monoisotopic (exact) mass is 245 g/mol. The molecule has 1 heteroatoms. The Balaban J connectivity index is 2.22. The van der Waals surface area contributed by atoms with Crippen LogP contribution in [0.15, 0.2) is 18.2 Å². The minimum atomic E-state index is 0.219. The first-order valence-corrected chi connectivity index (χ1v) is 7.30. The van der Waals surface area contributed by atoms with Crippen LogP contribution in [0.1, 0.15) is 55.8 Å². The summed E-state index contributed by atoms with van der Waals surface area (Å²) in [6.07, 6.45) is 3.95. The maximum atomic E-state index is 6.60.